The number of nitrogens with zero attached hydrogens (tertiary/aromatic N) is 1. The first-order chi connectivity index (χ1) is 9.17. The van der Waals surface area contributed by atoms with E-state index in [0.29, 0.717) is 12.5 Å². The summed E-state index contributed by atoms with van der Waals surface area (Å²) in [5.74, 6) is 1.03. The molecule has 0 spiro atoms. The summed E-state index contributed by atoms with van der Waals surface area (Å²) in [5, 5.41) is 2.84. The van der Waals surface area contributed by atoms with E-state index in [2.05, 4.69) is 10.3 Å². The lowest BCUT2D eigenvalue weighted by atomic mass is 10.1. The van der Waals surface area contributed by atoms with E-state index in [1.54, 1.807) is 6.92 Å². The second-order valence-electron chi connectivity index (χ2n) is 5.13. The molecule has 1 aliphatic carbocycles. The van der Waals surface area contributed by atoms with Crippen LogP contribution in [0.25, 0.3) is 11.1 Å². The Kier molecular flexibility index (Phi) is 2.98. The Balaban J connectivity index is 1.82. The number of oxazole rings is 1. The van der Waals surface area contributed by atoms with Gasteiger partial charge >= 0.3 is 0 Å². The van der Waals surface area contributed by atoms with E-state index in [0.717, 1.165) is 35.5 Å². The molecule has 0 aliphatic heterocycles. The van der Waals surface area contributed by atoms with Crippen LogP contribution in [0.15, 0.2) is 22.6 Å². The summed E-state index contributed by atoms with van der Waals surface area (Å²) in [6, 6.07) is 5.51. The van der Waals surface area contributed by atoms with Crippen LogP contribution in [0.1, 0.15) is 31.6 Å². The molecule has 0 radical (unpaired) electrons. The Morgan fingerprint density at radius 2 is 2.37 bits per heavy atom. The SMILES string of the molecule is CC(CN)C(=O)Nc1ccc2oc(C3CC3)nc2c1. The highest BCUT2D eigenvalue weighted by Gasteiger charge is 2.28. The number of hydrogen-bond acceptors (Lipinski definition) is 4. The van der Waals surface area contributed by atoms with Crippen molar-refractivity contribution in [2.75, 3.05) is 11.9 Å². The molecular weight excluding hydrogens is 242 g/mol. The van der Waals surface area contributed by atoms with Crippen LogP contribution >= 0.6 is 0 Å². The van der Waals surface area contributed by atoms with E-state index in [1.165, 1.54) is 0 Å². The van der Waals surface area contributed by atoms with Crippen LogP contribution in [0.4, 0.5) is 5.69 Å². The number of rotatable bonds is 4. The highest BCUT2D eigenvalue weighted by Crippen LogP contribution is 2.40. The number of carbonyl (C=O) groups excluding carboxylic acids is 1. The molecule has 1 heterocycles. The molecule has 2 aromatic rings. The fraction of sp³-hybridized carbons (Fsp3) is 0.429. The van der Waals surface area contributed by atoms with Gasteiger partial charge in [-0.1, -0.05) is 6.92 Å². The third-order valence-electron chi connectivity index (χ3n) is 3.40. The molecule has 1 atom stereocenters. The number of nitrogens with one attached hydrogen (secondary N) is 1. The van der Waals surface area contributed by atoms with E-state index < -0.39 is 0 Å². The second kappa shape index (κ2) is 4.66. The Morgan fingerprint density at radius 3 is 3.05 bits per heavy atom. The van der Waals surface area contributed by atoms with Crippen molar-refractivity contribution in [3.8, 4) is 0 Å². The van der Waals surface area contributed by atoms with Crippen molar-refractivity contribution in [1.29, 1.82) is 0 Å². The maximum absolute atomic E-state index is 11.8. The van der Waals surface area contributed by atoms with Crippen LogP contribution in [0, 0.1) is 5.92 Å². The lowest BCUT2D eigenvalue weighted by molar-refractivity contribution is -0.119. The minimum atomic E-state index is -0.199. The van der Waals surface area contributed by atoms with Crippen LogP contribution in [0.2, 0.25) is 0 Å². The molecule has 1 amide bonds. The zero-order valence-corrected chi connectivity index (χ0v) is 10.8. The lowest BCUT2D eigenvalue weighted by Crippen LogP contribution is -2.26. The van der Waals surface area contributed by atoms with Gasteiger partial charge in [0.2, 0.25) is 5.91 Å². The molecule has 5 nitrogen and oxygen atoms in total. The van der Waals surface area contributed by atoms with Crippen molar-refractivity contribution in [2.45, 2.75) is 25.7 Å². The van der Waals surface area contributed by atoms with E-state index in [9.17, 15) is 4.79 Å². The number of anilines is 1. The van der Waals surface area contributed by atoms with Crippen LogP contribution < -0.4 is 11.1 Å². The number of carbonyl (C=O) groups is 1. The highest BCUT2D eigenvalue weighted by atomic mass is 16.3. The Hall–Kier alpha value is -1.88. The molecule has 19 heavy (non-hydrogen) atoms. The van der Waals surface area contributed by atoms with Crippen LogP contribution in [-0.4, -0.2) is 17.4 Å². The number of amides is 1. The van der Waals surface area contributed by atoms with Crippen molar-refractivity contribution in [1.82, 2.24) is 4.98 Å². The Morgan fingerprint density at radius 1 is 1.58 bits per heavy atom. The normalized spacial score (nSPS) is 16.5. The van der Waals surface area contributed by atoms with Gasteiger partial charge in [-0.25, -0.2) is 4.98 Å². The summed E-state index contributed by atoms with van der Waals surface area (Å²) in [4.78, 5) is 16.2. The minimum absolute atomic E-state index is 0.0761. The van der Waals surface area contributed by atoms with Crippen LogP contribution in [0.3, 0.4) is 0 Å². The fourth-order valence-electron chi connectivity index (χ4n) is 1.90. The van der Waals surface area contributed by atoms with Crippen molar-refractivity contribution >= 4 is 22.7 Å². The maximum Gasteiger partial charge on any atom is 0.228 e. The van der Waals surface area contributed by atoms with Crippen LogP contribution in [0.5, 0.6) is 0 Å². The van der Waals surface area contributed by atoms with Gasteiger partial charge in [-0.15, -0.1) is 0 Å². The van der Waals surface area contributed by atoms with Gasteiger partial charge < -0.3 is 15.5 Å². The zero-order chi connectivity index (χ0) is 13.4. The second-order valence-corrected chi connectivity index (χ2v) is 5.13. The standard InChI is InChI=1S/C14H17N3O2/c1-8(7-15)13(18)16-10-4-5-12-11(6-10)17-14(19-12)9-2-3-9/h4-6,8-9H,2-3,7,15H2,1H3,(H,16,18). The van der Waals surface area contributed by atoms with E-state index in [1.807, 2.05) is 18.2 Å². The molecule has 100 valence electrons. The summed E-state index contributed by atoms with van der Waals surface area (Å²) in [5.41, 5.74) is 7.76. The molecule has 1 fully saturated rings. The molecule has 3 rings (SSSR count). The predicted molar refractivity (Wildman–Crippen MR) is 72.8 cm³/mol. The van der Waals surface area contributed by atoms with Crippen molar-refractivity contribution in [3.05, 3.63) is 24.1 Å². The molecular formula is C14H17N3O2. The Bertz CT molecular complexity index is 616. The first-order valence-corrected chi connectivity index (χ1v) is 6.59. The molecule has 1 unspecified atom stereocenters. The number of nitrogens with two attached hydrogens (primary N) is 1. The van der Waals surface area contributed by atoms with Crippen molar-refractivity contribution in [3.63, 3.8) is 0 Å². The topological polar surface area (TPSA) is 81.2 Å². The zero-order valence-electron chi connectivity index (χ0n) is 10.8. The van der Waals surface area contributed by atoms with E-state index in [4.69, 9.17) is 10.2 Å². The van der Waals surface area contributed by atoms with Gasteiger partial charge in [0.1, 0.15) is 5.52 Å². The smallest absolute Gasteiger partial charge is 0.228 e. The van der Waals surface area contributed by atoms with Crippen molar-refractivity contribution in [2.24, 2.45) is 11.7 Å². The monoisotopic (exact) mass is 259 g/mol. The quantitative estimate of drug-likeness (QED) is 0.882. The first kappa shape index (κ1) is 12.2. The third-order valence-corrected chi connectivity index (χ3v) is 3.40. The van der Waals surface area contributed by atoms with Gasteiger partial charge in [-0.05, 0) is 31.0 Å². The van der Waals surface area contributed by atoms with Gasteiger partial charge in [-0.2, -0.15) is 0 Å². The number of aromatic nitrogens is 1. The van der Waals surface area contributed by atoms with Gasteiger partial charge in [0.15, 0.2) is 11.5 Å². The molecule has 1 aromatic carbocycles. The summed E-state index contributed by atoms with van der Waals surface area (Å²) < 4.78 is 5.68. The lowest BCUT2D eigenvalue weighted by Gasteiger charge is -2.09. The average molecular weight is 259 g/mol. The van der Waals surface area contributed by atoms with E-state index in [-0.39, 0.29) is 11.8 Å². The molecule has 3 N–H and O–H groups in total. The summed E-state index contributed by atoms with van der Waals surface area (Å²) in [7, 11) is 0. The summed E-state index contributed by atoms with van der Waals surface area (Å²) in [6.07, 6.45) is 2.31. The minimum Gasteiger partial charge on any atom is -0.440 e. The number of fused-ring (bicyclic) bond motifs is 1. The predicted octanol–water partition coefficient (Wildman–Crippen LogP) is 2.24. The van der Waals surface area contributed by atoms with Crippen molar-refractivity contribution < 1.29 is 9.21 Å². The van der Waals surface area contributed by atoms with Crippen LogP contribution in [-0.2, 0) is 4.79 Å². The molecule has 1 aliphatic rings. The molecule has 1 saturated carbocycles. The van der Waals surface area contributed by atoms with Gasteiger partial charge in [-0.3, -0.25) is 4.79 Å². The maximum atomic E-state index is 11.8. The highest BCUT2D eigenvalue weighted by molar-refractivity contribution is 5.94. The average Bonchev–Trinajstić information content (AvgIpc) is 3.17. The van der Waals surface area contributed by atoms with Gasteiger partial charge in [0, 0.05) is 24.1 Å². The number of hydrogen-bond donors (Lipinski definition) is 2. The fourth-order valence-corrected chi connectivity index (χ4v) is 1.90. The molecule has 0 bridgehead atoms. The Labute approximate surface area is 111 Å². The third kappa shape index (κ3) is 2.46. The first-order valence-electron chi connectivity index (χ1n) is 6.59. The molecule has 0 saturated heterocycles. The molecule has 5 heteroatoms. The van der Waals surface area contributed by atoms with Gasteiger partial charge in [0.05, 0.1) is 0 Å². The number of benzene rings is 1. The van der Waals surface area contributed by atoms with E-state index >= 15 is 0 Å². The summed E-state index contributed by atoms with van der Waals surface area (Å²) in [6.45, 7) is 2.14. The summed E-state index contributed by atoms with van der Waals surface area (Å²) >= 11 is 0. The van der Waals surface area contributed by atoms with Gasteiger partial charge in [0.25, 0.3) is 0 Å². The molecule has 1 aromatic heterocycles. The largest absolute Gasteiger partial charge is 0.440 e.